The quantitative estimate of drug-likeness (QED) is 0.353. The summed E-state index contributed by atoms with van der Waals surface area (Å²) in [7, 11) is 0. The standard InChI is InChI=1S/C4H6N2O/c7-5-6-3-4(6)1-2-4/h1-3H2. The summed E-state index contributed by atoms with van der Waals surface area (Å²) in [4.78, 5) is 9.70. The molecule has 0 N–H and O–H groups in total. The highest BCUT2D eigenvalue weighted by molar-refractivity contribution is 5.16. The minimum atomic E-state index is 0.321. The molecular weight excluding hydrogens is 92.1 g/mol. The first kappa shape index (κ1) is 3.41. The molecule has 0 aromatic heterocycles. The van der Waals surface area contributed by atoms with Gasteiger partial charge < -0.3 is 0 Å². The summed E-state index contributed by atoms with van der Waals surface area (Å²) >= 11 is 0. The van der Waals surface area contributed by atoms with Gasteiger partial charge in [0.25, 0.3) is 0 Å². The van der Waals surface area contributed by atoms with Crippen LogP contribution in [0.25, 0.3) is 0 Å². The highest BCUT2D eigenvalue weighted by Crippen LogP contribution is 2.53. The van der Waals surface area contributed by atoms with Gasteiger partial charge in [0, 0.05) is 0 Å². The average molecular weight is 98.1 g/mol. The Kier molecular flexibility index (Phi) is 0.331. The van der Waals surface area contributed by atoms with Crippen molar-refractivity contribution >= 4 is 0 Å². The van der Waals surface area contributed by atoms with Crippen LogP contribution in [0, 0.1) is 4.91 Å². The van der Waals surface area contributed by atoms with E-state index in [9.17, 15) is 4.91 Å². The van der Waals surface area contributed by atoms with E-state index in [0.29, 0.717) is 5.54 Å². The van der Waals surface area contributed by atoms with Crippen molar-refractivity contribution < 1.29 is 0 Å². The van der Waals surface area contributed by atoms with Gasteiger partial charge in [-0.2, -0.15) is 0 Å². The van der Waals surface area contributed by atoms with Gasteiger partial charge in [0.2, 0.25) is 0 Å². The second kappa shape index (κ2) is 0.680. The van der Waals surface area contributed by atoms with E-state index in [1.54, 1.807) is 5.01 Å². The lowest BCUT2D eigenvalue weighted by Crippen LogP contribution is -1.87. The summed E-state index contributed by atoms with van der Waals surface area (Å²) in [5.74, 6) is 0. The number of hydrogen-bond donors (Lipinski definition) is 0. The third-order valence-corrected chi connectivity index (χ3v) is 1.81. The Morgan fingerprint density at radius 3 is 2.43 bits per heavy atom. The van der Waals surface area contributed by atoms with E-state index in [1.807, 2.05) is 0 Å². The van der Waals surface area contributed by atoms with E-state index in [1.165, 1.54) is 12.8 Å². The van der Waals surface area contributed by atoms with Gasteiger partial charge in [0.1, 0.15) is 0 Å². The van der Waals surface area contributed by atoms with Crippen LogP contribution in [0.5, 0.6) is 0 Å². The fourth-order valence-corrected chi connectivity index (χ4v) is 0.919. The molecule has 3 heteroatoms. The fraction of sp³-hybridized carbons (Fsp3) is 1.00. The van der Waals surface area contributed by atoms with Crippen molar-refractivity contribution in [3.05, 3.63) is 4.91 Å². The normalized spacial score (nSPS) is 30.6. The van der Waals surface area contributed by atoms with Gasteiger partial charge in [0.15, 0.2) is 0 Å². The van der Waals surface area contributed by atoms with Crippen LogP contribution in [0.15, 0.2) is 5.29 Å². The van der Waals surface area contributed by atoms with E-state index < -0.39 is 0 Å². The summed E-state index contributed by atoms with van der Waals surface area (Å²) < 4.78 is 0. The van der Waals surface area contributed by atoms with Crippen molar-refractivity contribution in [3.8, 4) is 0 Å². The minimum Gasteiger partial charge on any atom is -0.251 e. The molecule has 1 heterocycles. The van der Waals surface area contributed by atoms with Gasteiger partial charge >= 0.3 is 0 Å². The molecule has 38 valence electrons. The van der Waals surface area contributed by atoms with Crippen LogP contribution in [0.4, 0.5) is 0 Å². The van der Waals surface area contributed by atoms with Gasteiger partial charge in [-0.3, -0.25) is 5.01 Å². The molecule has 0 bridgehead atoms. The van der Waals surface area contributed by atoms with E-state index in [4.69, 9.17) is 0 Å². The van der Waals surface area contributed by atoms with Crippen molar-refractivity contribution in [1.82, 2.24) is 5.01 Å². The Hall–Kier alpha value is -0.600. The molecule has 2 aliphatic rings. The van der Waals surface area contributed by atoms with Crippen LogP contribution < -0.4 is 0 Å². The number of rotatable bonds is 1. The molecular formula is C4H6N2O. The maximum Gasteiger partial charge on any atom is 0.0806 e. The van der Waals surface area contributed by atoms with Gasteiger partial charge in [-0.05, 0) is 12.8 Å². The Bertz CT molecular complexity index is 119. The van der Waals surface area contributed by atoms with Crippen LogP contribution in [0.1, 0.15) is 12.8 Å². The van der Waals surface area contributed by atoms with Crippen molar-refractivity contribution in [3.63, 3.8) is 0 Å². The zero-order valence-electron chi connectivity index (χ0n) is 3.92. The van der Waals surface area contributed by atoms with E-state index in [-0.39, 0.29) is 0 Å². The first-order valence-electron chi connectivity index (χ1n) is 2.48. The second-order valence-electron chi connectivity index (χ2n) is 2.36. The molecule has 0 radical (unpaired) electrons. The van der Waals surface area contributed by atoms with Crippen molar-refractivity contribution in [1.29, 1.82) is 0 Å². The van der Waals surface area contributed by atoms with Crippen LogP contribution in [0.2, 0.25) is 0 Å². The maximum atomic E-state index is 9.70. The monoisotopic (exact) mass is 98.0 g/mol. The molecule has 7 heavy (non-hydrogen) atoms. The zero-order valence-corrected chi connectivity index (χ0v) is 3.92. The number of hydrogen-bond acceptors (Lipinski definition) is 2. The van der Waals surface area contributed by atoms with Crippen LogP contribution >= 0.6 is 0 Å². The van der Waals surface area contributed by atoms with Gasteiger partial charge in [0.05, 0.1) is 17.4 Å². The molecule has 1 aliphatic heterocycles. The molecule has 0 amide bonds. The molecule has 2 fully saturated rings. The van der Waals surface area contributed by atoms with E-state index in [2.05, 4.69) is 5.29 Å². The Morgan fingerprint density at radius 1 is 1.57 bits per heavy atom. The fourth-order valence-electron chi connectivity index (χ4n) is 0.919. The van der Waals surface area contributed by atoms with E-state index >= 15 is 0 Å². The lowest BCUT2D eigenvalue weighted by Gasteiger charge is -1.79. The van der Waals surface area contributed by atoms with Crippen molar-refractivity contribution in [2.75, 3.05) is 6.54 Å². The molecule has 1 saturated heterocycles. The molecule has 2 rings (SSSR count). The Morgan fingerprint density at radius 2 is 2.29 bits per heavy atom. The molecule has 1 saturated carbocycles. The molecule has 0 atom stereocenters. The largest absolute Gasteiger partial charge is 0.251 e. The van der Waals surface area contributed by atoms with Gasteiger partial charge in [-0.15, -0.1) is 4.91 Å². The summed E-state index contributed by atoms with van der Waals surface area (Å²) in [6.07, 6.45) is 2.39. The van der Waals surface area contributed by atoms with Gasteiger partial charge in [-0.25, -0.2) is 0 Å². The molecule has 1 spiro atoms. The molecule has 0 aromatic carbocycles. The maximum absolute atomic E-state index is 9.70. The predicted molar refractivity (Wildman–Crippen MR) is 24.5 cm³/mol. The molecule has 1 aliphatic carbocycles. The summed E-state index contributed by atoms with van der Waals surface area (Å²) in [6, 6.07) is 0. The minimum absolute atomic E-state index is 0.321. The lowest BCUT2D eigenvalue weighted by molar-refractivity contribution is 0.529. The highest BCUT2D eigenvalue weighted by Gasteiger charge is 2.63. The number of nitrogens with zero attached hydrogens (tertiary/aromatic N) is 2. The second-order valence-corrected chi connectivity index (χ2v) is 2.36. The SMILES string of the molecule is O=NN1CC12CC2. The zero-order chi connectivity index (χ0) is 4.91. The topological polar surface area (TPSA) is 32.4 Å². The summed E-state index contributed by atoms with van der Waals surface area (Å²) in [6.45, 7) is 0.927. The predicted octanol–water partition coefficient (Wildman–Crippen LogP) is 0.516. The number of nitroso groups, excluding NO2 is 1. The van der Waals surface area contributed by atoms with Crippen LogP contribution in [-0.4, -0.2) is 17.1 Å². The van der Waals surface area contributed by atoms with Crippen LogP contribution in [0.3, 0.4) is 0 Å². The first-order valence-corrected chi connectivity index (χ1v) is 2.48. The third-order valence-electron chi connectivity index (χ3n) is 1.81. The van der Waals surface area contributed by atoms with Crippen molar-refractivity contribution in [2.24, 2.45) is 5.29 Å². The Balaban J connectivity index is 2.09. The highest BCUT2D eigenvalue weighted by atomic mass is 16.3. The molecule has 0 unspecified atom stereocenters. The summed E-state index contributed by atoms with van der Waals surface area (Å²) in [5, 5.41) is 4.42. The molecule has 0 aromatic rings. The van der Waals surface area contributed by atoms with Gasteiger partial charge in [-0.1, -0.05) is 0 Å². The van der Waals surface area contributed by atoms with Crippen LogP contribution in [-0.2, 0) is 0 Å². The van der Waals surface area contributed by atoms with E-state index in [0.717, 1.165) is 6.54 Å². The van der Waals surface area contributed by atoms with Crippen molar-refractivity contribution in [2.45, 2.75) is 18.4 Å². The summed E-state index contributed by atoms with van der Waals surface area (Å²) in [5.41, 5.74) is 0.321. The smallest absolute Gasteiger partial charge is 0.0806 e. The first-order chi connectivity index (χ1) is 3.37. The lowest BCUT2D eigenvalue weighted by atomic mass is 10.5. The third kappa shape index (κ3) is 0.263. The average Bonchev–Trinajstić information content (AvgIpc) is 2.52. The molecule has 3 nitrogen and oxygen atoms in total. The Labute approximate surface area is 41.2 Å².